The summed E-state index contributed by atoms with van der Waals surface area (Å²) in [7, 11) is 2.13. The average Bonchev–Trinajstić information content (AvgIpc) is 3.23. The number of rotatable bonds is 4. The molecule has 2 fully saturated rings. The minimum atomic E-state index is 0.210. The molecule has 1 N–H and O–H groups in total. The summed E-state index contributed by atoms with van der Waals surface area (Å²) in [5, 5.41) is 0. The summed E-state index contributed by atoms with van der Waals surface area (Å²) < 4.78 is 0. The number of hydrogen-bond acceptors (Lipinski definition) is 5. The molecule has 4 heterocycles. The molecule has 2 aromatic rings. The topological polar surface area (TPSA) is 78.0 Å². The minimum Gasteiger partial charge on any atom is -0.343 e. The van der Waals surface area contributed by atoms with Gasteiger partial charge in [0, 0.05) is 37.6 Å². The Bertz CT molecular complexity index is 754. The highest BCUT2D eigenvalue weighted by Gasteiger charge is 2.30. The summed E-state index contributed by atoms with van der Waals surface area (Å²) in [5.74, 6) is 1.77. The van der Waals surface area contributed by atoms with E-state index in [1.807, 2.05) is 6.20 Å². The zero-order chi connectivity index (χ0) is 18.6. The van der Waals surface area contributed by atoms with Crippen molar-refractivity contribution in [2.45, 2.75) is 32.1 Å². The molecule has 2 saturated heterocycles. The van der Waals surface area contributed by atoms with Crippen LogP contribution in [0.15, 0.2) is 24.8 Å². The van der Waals surface area contributed by atoms with Crippen molar-refractivity contribution in [1.82, 2.24) is 29.7 Å². The molecule has 4 rings (SSSR count). The maximum atomic E-state index is 12.9. The van der Waals surface area contributed by atoms with Crippen LogP contribution < -0.4 is 0 Å². The van der Waals surface area contributed by atoms with Gasteiger partial charge in [-0.1, -0.05) is 0 Å². The molecular formula is C20H28N6O. The Morgan fingerprint density at radius 1 is 1.22 bits per heavy atom. The molecule has 0 radical (unpaired) electrons. The molecular weight excluding hydrogens is 340 g/mol. The number of H-pyrrole nitrogens is 1. The van der Waals surface area contributed by atoms with Crippen LogP contribution in [-0.2, 0) is 11.2 Å². The van der Waals surface area contributed by atoms with Crippen LogP contribution in [0.3, 0.4) is 0 Å². The van der Waals surface area contributed by atoms with E-state index < -0.39 is 0 Å². The lowest BCUT2D eigenvalue weighted by Gasteiger charge is -2.37. The van der Waals surface area contributed by atoms with E-state index in [-0.39, 0.29) is 5.92 Å². The maximum absolute atomic E-state index is 12.9. The zero-order valence-electron chi connectivity index (χ0n) is 16.0. The van der Waals surface area contributed by atoms with E-state index in [1.165, 1.54) is 0 Å². The Morgan fingerprint density at radius 2 is 2.07 bits per heavy atom. The van der Waals surface area contributed by atoms with Gasteiger partial charge in [-0.2, -0.15) is 0 Å². The third-order valence-corrected chi connectivity index (χ3v) is 5.82. The second-order valence-corrected chi connectivity index (χ2v) is 7.91. The van der Waals surface area contributed by atoms with Gasteiger partial charge in [0.15, 0.2) is 5.82 Å². The summed E-state index contributed by atoms with van der Waals surface area (Å²) in [6, 6.07) is 0. The second-order valence-electron chi connectivity index (χ2n) is 7.91. The summed E-state index contributed by atoms with van der Waals surface area (Å²) in [5.41, 5.74) is 1.75. The van der Waals surface area contributed by atoms with Gasteiger partial charge in [-0.3, -0.25) is 9.78 Å². The molecule has 2 aromatic heterocycles. The Hall–Kier alpha value is -2.28. The Labute approximate surface area is 160 Å². The van der Waals surface area contributed by atoms with Crippen LogP contribution >= 0.6 is 0 Å². The smallest absolute Gasteiger partial charge is 0.225 e. The SMILES string of the molecule is CN1CCC(C(=O)N2CCCC(Cc3cncc(-c4ncc[nH]4)n3)C2)CC1. The average molecular weight is 368 g/mol. The second kappa shape index (κ2) is 8.17. The van der Waals surface area contributed by atoms with Gasteiger partial charge in [0.25, 0.3) is 0 Å². The van der Waals surface area contributed by atoms with E-state index in [1.54, 1.807) is 18.6 Å². The summed E-state index contributed by atoms with van der Waals surface area (Å²) >= 11 is 0. The van der Waals surface area contributed by atoms with Gasteiger partial charge in [-0.05, 0) is 58.2 Å². The fourth-order valence-electron chi connectivity index (χ4n) is 4.27. The first-order valence-corrected chi connectivity index (χ1v) is 9.97. The highest BCUT2D eigenvalue weighted by molar-refractivity contribution is 5.79. The van der Waals surface area contributed by atoms with Crippen LogP contribution in [0.2, 0.25) is 0 Å². The van der Waals surface area contributed by atoms with Crippen LogP contribution in [0, 0.1) is 11.8 Å². The predicted molar refractivity (Wildman–Crippen MR) is 103 cm³/mol. The molecule has 7 nitrogen and oxygen atoms in total. The van der Waals surface area contributed by atoms with Crippen molar-refractivity contribution in [3.8, 4) is 11.5 Å². The Balaban J connectivity index is 1.37. The number of carbonyl (C=O) groups excluding carboxylic acids is 1. The largest absolute Gasteiger partial charge is 0.343 e. The third-order valence-electron chi connectivity index (χ3n) is 5.82. The molecule has 2 aliphatic heterocycles. The van der Waals surface area contributed by atoms with Gasteiger partial charge in [0.05, 0.1) is 11.9 Å². The molecule has 0 aromatic carbocycles. The molecule has 1 amide bonds. The van der Waals surface area contributed by atoms with Crippen molar-refractivity contribution in [2.24, 2.45) is 11.8 Å². The zero-order valence-corrected chi connectivity index (χ0v) is 16.0. The first-order chi connectivity index (χ1) is 13.2. The van der Waals surface area contributed by atoms with Gasteiger partial charge in [-0.15, -0.1) is 0 Å². The van der Waals surface area contributed by atoms with E-state index in [0.29, 0.717) is 11.8 Å². The van der Waals surface area contributed by atoms with Crippen molar-refractivity contribution in [2.75, 3.05) is 33.2 Å². The van der Waals surface area contributed by atoms with Crippen LogP contribution in [0.25, 0.3) is 11.5 Å². The number of aromatic nitrogens is 4. The highest BCUT2D eigenvalue weighted by atomic mass is 16.2. The monoisotopic (exact) mass is 368 g/mol. The number of nitrogens with one attached hydrogen (secondary N) is 1. The van der Waals surface area contributed by atoms with Crippen LogP contribution in [-0.4, -0.2) is 68.9 Å². The molecule has 1 unspecified atom stereocenters. The Morgan fingerprint density at radius 3 is 2.85 bits per heavy atom. The number of nitrogens with zero attached hydrogens (tertiary/aromatic N) is 5. The molecule has 144 valence electrons. The van der Waals surface area contributed by atoms with E-state index in [2.05, 4.69) is 31.8 Å². The van der Waals surface area contributed by atoms with Crippen LogP contribution in [0.5, 0.6) is 0 Å². The lowest BCUT2D eigenvalue weighted by molar-refractivity contribution is -0.138. The fraction of sp³-hybridized carbons (Fsp3) is 0.600. The fourth-order valence-corrected chi connectivity index (χ4v) is 4.27. The number of imidazole rings is 1. The molecule has 0 spiro atoms. The molecule has 0 bridgehead atoms. The van der Waals surface area contributed by atoms with Gasteiger partial charge in [0.2, 0.25) is 5.91 Å². The number of amides is 1. The maximum Gasteiger partial charge on any atom is 0.225 e. The molecule has 27 heavy (non-hydrogen) atoms. The lowest BCUT2D eigenvalue weighted by atomic mass is 9.90. The third kappa shape index (κ3) is 4.35. The quantitative estimate of drug-likeness (QED) is 0.893. The van der Waals surface area contributed by atoms with E-state index >= 15 is 0 Å². The number of piperidine rings is 2. The molecule has 1 atom stereocenters. The molecule has 0 aliphatic carbocycles. The normalized spacial score (nSPS) is 22.1. The van der Waals surface area contributed by atoms with Crippen LogP contribution in [0.4, 0.5) is 0 Å². The highest BCUT2D eigenvalue weighted by Crippen LogP contribution is 2.25. The van der Waals surface area contributed by atoms with E-state index in [4.69, 9.17) is 4.98 Å². The lowest BCUT2D eigenvalue weighted by Crippen LogP contribution is -2.46. The van der Waals surface area contributed by atoms with Crippen molar-refractivity contribution in [3.63, 3.8) is 0 Å². The van der Waals surface area contributed by atoms with Gasteiger partial charge in [-0.25, -0.2) is 9.97 Å². The first kappa shape index (κ1) is 18.1. The van der Waals surface area contributed by atoms with Crippen molar-refractivity contribution < 1.29 is 4.79 Å². The summed E-state index contributed by atoms with van der Waals surface area (Å²) in [6.45, 7) is 3.81. The van der Waals surface area contributed by atoms with E-state index in [0.717, 1.165) is 75.5 Å². The van der Waals surface area contributed by atoms with Crippen molar-refractivity contribution in [3.05, 3.63) is 30.5 Å². The molecule has 7 heteroatoms. The molecule has 2 aliphatic rings. The number of likely N-dealkylation sites (tertiary alicyclic amines) is 2. The standard InChI is InChI=1S/C20H28N6O/c1-25-9-4-16(5-10-25)20(27)26-8-2-3-15(14-26)11-17-12-21-13-18(24-17)19-22-6-7-23-19/h6-7,12-13,15-16H,2-5,8-11,14H2,1H3,(H,22,23). The van der Waals surface area contributed by atoms with E-state index in [9.17, 15) is 4.79 Å². The van der Waals surface area contributed by atoms with Crippen molar-refractivity contribution in [1.29, 1.82) is 0 Å². The van der Waals surface area contributed by atoms with Gasteiger partial charge in [0.1, 0.15) is 5.69 Å². The number of aromatic amines is 1. The molecule has 0 saturated carbocycles. The Kier molecular flexibility index (Phi) is 5.48. The van der Waals surface area contributed by atoms with Crippen molar-refractivity contribution >= 4 is 5.91 Å². The number of hydrogen-bond donors (Lipinski definition) is 1. The first-order valence-electron chi connectivity index (χ1n) is 9.97. The van der Waals surface area contributed by atoms with Gasteiger partial charge < -0.3 is 14.8 Å². The summed E-state index contributed by atoms with van der Waals surface area (Å²) in [4.78, 5) is 33.7. The number of carbonyl (C=O) groups is 1. The summed E-state index contributed by atoms with van der Waals surface area (Å²) in [6.07, 6.45) is 12.1. The van der Waals surface area contributed by atoms with Crippen LogP contribution in [0.1, 0.15) is 31.4 Å². The predicted octanol–water partition coefficient (Wildman–Crippen LogP) is 1.99. The van der Waals surface area contributed by atoms with Gasteiger partial charge >= 0.3 is 0 Å². The minimum absolute atomic E-state index is 0.210.